The van der Waals surface area contributed by atoms with Crippen LogP contribution >= 0.6 is 0 Å². The van der Waals surface area contributed by atoms with Gasteiger partial charge in [-0.05, 0) is 54.8 Å². The third-order valence-corrected chi connectivity index (χ3v) is 5.32. The largest absolute Gasteiger partial charge is 0.494 e. The summed E-state index contributed by atoms with van der Waals surface area (Å²) in [5.74, 6) is -1.64. The molecule has 0 fully saturated rings. The Hall–Kier alpha value is -3.22. The van der Waals surface area contributed by atoms with Crippen LogP contribution in [-0.4, -0.2) is 13.2 Å². The van der Waals surface area contributed by atoms with Gasteiger partial charge in [0.15, 0.2) is 35.5 Å². The standard InChI is InChI=1S/C25H22F4O3/c1-3-30-15-7-5-14(6-8-15)13-32-19-12-10-17-16-9-11-18(31-4-2)22(26)20(16)24(28)25(29)21(17)23(19)27/h5-12,24-25H,3-4,13H2,1-2H3. The molecule has 3 aromatic rings. The number of halogens is 4. The molecule has 4 rings (SSSR count). The third kappa shape index (κ3) is 3.87. The summed E-state index contributed by atoms with van der Waals surface area (Å²) in [6, 6.07) is 12.6. The van der Waals surface area contributed by atoms with Crippen LogP contribution in [0.15, 0.2) is 48.5 Å². The molecule has 0 heterocycles. The smallest absolute Gasteiger partial charge is 0.171 e. The van der Waals surface area contributed by atoms with Crippen molar-refractivity contribution in [3.05, 3.63) is 76.9 Å². The van der Waals surface area contributed by atoms with E-state index in [9.17, 15) is 13.2 Å². The first kappa shape index (κ1) is 22.0. The summed E-state index contributed by atoms with van der Waals surface area (Å²) >= 11 is 0. The van der Waals surface area contributed by atoms with E-state index in [0.29, 0.717) is 12.4 Å². The number of alkyl halides is 2. The Balaban J connectivity index is 1.65. The first-order valence-corrected chi connectivity index (χ1v) is 10.4. The molecule has 0 saturated heterocycles. The Bertz CT molecular complexity index is 1120. The van der Waals surface area contributed by atoms with Gasteiger partial charge in [0.1, 0.15) is 12.4 Å². The van der Waals surface area contributed by atoms with Gasteiger partial charge in [-0.3, -0.25) is 0 Å². The third-order valence-electron chi connectivity index (χ3n) is 5.32. The predicted molar refractivity (Wildman–Crippen MR) is 113 cm³/mol. The molecule has 32 heavy (non-hydrogen) atoms. The molecule has 0 aromatic heterocycles. The van der Waals surface area contributed by atoms with Gasteiger partial charge in [-0.2, -0.15) is 0 Å². The van der Waals surface area contributed by atoms with Crippen LogP contribution in [0.3, 0.4) is 0 Å². The summed E-state index contributed by atoms with van der Waals surface area (Å²) in [6.07, 6.45) is -4.74. The molecule has 1 aliphatic carbocycles. The highest BCUT2D eigenvalue weighted by atomic mass is 19.2. The summed E-state index contributed by atoms with van der Waals surface area (Å²) < 4.78 is 75.9. The number of ether oxygens (including phenoxy) is 3. The molecule has 3 nitrogen and oxygen atoms in total. The van der Waals surface area contributed by atoms with Crippen molar-refractivity contribution in [2.75, 3.05) is 13.2 Å². The van der Waals surface area contributed by atoms with Crippen molar-refractivity contribution in [1.29, 1.82) is 0 Å². The Morgan fingerprint density at radius 1 is 0.656 bits per heavy atom. The van der Waals surface area contributed by atoms with Crippen molar-refractivity contribution in [1.82, 2.24) is 0 Å². The topological polar surface area (TPSA) is 27.7 Å². The second-order valence-corrected chi connectivity index (χ2v) is 7.28. The fraction of sp³-hybridized carbons (Fsp3) is 0.280. The van der Waals surface area contributed by atoms with Gasteiger partial charge in [0.2, 0.25) is 0 Å². The Labute approximate surface area is 183 Å². The lowest BCUT2D eigenvalue weighted by Crippen LogP contribution is -2.16. The molecule has 7 heteroatoms. The fourth-order valence-corrected chi connectivity index (χ4v) is 3.84. The van der Waals surface area contributed by atoms with Crippen molar-refractivity contribution in [2.45, 2.75) is 32.8 Å². The lowest BCUT2D eigenvalue weighted by atomic mass is 9.82. The molecule has 0 N–H and O–H groups in total. The van der Waals surface area contributed by atoms with E-state index in [2.05, 4.69) is 0 Å². The van der Waals surface area contributed by atoms with Crippen LogP contribution in [0.2, 0.25) is 0 Å². The minimum absolute atomic E-state index is 0.0288. The maximum Gasteiger partial charge on any atom is 0.171 e. The van der Waals surface area contributed by atoms with Gasteiger partial charge >= 0.3 is 0 Å². The van der Waals surface area contributed by atoms with Crippen LogP contribution in [0.5, 0.6) is 17.2 Å². The highest BCUT2D eigenvalue weighted by Gasteiger charge is 2.40. The lowest BCUT2D eigenvalue weighted by molar-refractivity contribution is 0.157. The van der Waals surface area contributed by atoms with Crippen molar-refractivity contribution < 1.29 is 31.8 Å². The van der Waals surface area contributed by atoms with Gasteiger partial charge in [0, 0.05) is 11.1 Å². The molecule has 2 unspecified atom stereocenters. The molecule has 3 aromatic carbocycles. The van der Waals surface area contributed by atoms with Crippen LogP contribution < -0.4 is 14.2 Å². The van der Waals surface area contributed by atoms with Gasteiger partial charge in [-0.1, -0.05) is 24.3 Å². The predicted octanol–water partition coefficient (Wildman–Crippen LogP) is 7.04. The van der Waals surface area contributed by atoms with E-state index >= 15 is 4.39 Å². The molecule has 0 aliphatic heterocycles. The molecular weight excluding hydrogens is 424 g/mol. The number of fused-ring (bicyclic) bond motifs is 3. The van der Waals surface area contributed by atoms with E-state index in [1.165, 1.54) is 24.3 Å². The van der Waals surface area contributed by atoms with Crippen molar-refractivity contribution in [3.8, 4) is 28.4 Å². The number of benzene rings is 3. The van der Waals surface area contributed by atoms with E-state index in [-0.39, 0.29) is 35.8 Å². The highest BCUT2D eigenvalue weighted by Crippen LogP contribution is 2.52. The SMILES string of the molecule is CCOc1ccc(COc2ccc3c(c2F)C(F)C(F)c2c-3ccc(OCC)c2F)cc1. The highest BCUT2D eigenvalue weighted by molar-refractivity contribution is 5.76. The average molecular weight is 446 g/mol. The minimum atomic E-state index is -2.38. The zero-order valence-electron chi connectivity index (χ0n) is 17.6. The number of hydrogen-bond donors (Lipinski definition) is 0. The van der Waals surface area contributed by atoms with Crippen LogP contribution in [0.1, 0.15) is 42.9 Å². The van der Waals surface area contributed by atoms with Gasteiger partial charge in [0.25, 0.3) is 0 Å². The van der Waals surface area contributed by atoms with Crippen molar-refractivity contribution in [2.24, 2.45) is 0 Å². The van der Waals surface area contributed by atoms with E-state index < -0.39 is 35.1 Å². The van der Waals surface area contributed by atoms with Gasteiger partial charge in [-0.15, -0.1) is 0 Å². The monoisotopic (exact) mass is 446 g/mol. The Morgan fingerprint density at radius 2 is 1.16 bits per heavy atom. The zero-order chi connectivity index (χ0) is 22.8. The Morgan fingerprint density at radius 3 is 1.66 bits per heavy atom. The maximum absolute atomic E-state index is 15.2. The minimum Gasteiger partial charge on any atom is -0.494 e. The molecule has 2 atom stereocenters. The molecule has 0 saturated carbocycles. The fourth-order valence-electron chi connectivity index (χ4n) is 3.84. The summed E-state index contributed by atoms with van der Waals surface area (Å²) in [5, 5.41) is 0. The Kier molecular flexibility index (Phi) is 6.26. The van der Waals surface area contributed by atoms with Crippen LogP contribution in [0.4, 0.5) is 17.6 Å². The summed E-state index contributed by atoms with van der Waals surface area (Å²) in [5.41, 5.74) is 0.00588. The van der Waals surface area contributed by atoms with Crippen LogP contribution in [0, 0.1) is 11.6 Å². The van der Waals surface area contributed by atoms with E-state index in [1.807, 2.05) is 6.92 Å². The maximum atomic E-state index is 15.2. The average Bonchev–Trinajstić information content (AvgIpc) is 2.79. The summed E-state index contributed by atoms with van der Waals surface area (Å²) in [7, 11) is 0. The molecule has 1 aliphatic rings. The molecule has 0 bridgehead atoms. The number of rotatable bonds is 7. The second-order valence-electron chi connectivity index (χ2n) is 7.28. The van der Waals surface area contributed by atoms with Gasteiger partial charge in [-0.25, -0.2) is 17.6 Å². The van der Waals surface area contributed by atoms with Crippen molar-refractivity contribution >= 4 is 0 Å². The van der Waals surface area contributed by atoms with E-state index in [4.69, 9.17) is 14.2 Å². The van der Waals surface area contributed by atoms with Crippen LogP contribution in [-0.2, 0) is 6.61 Å². The van der Waals surface area contributed by atoms with E-state index in [1.54, 1.807) is 31.2 Å². The molecule has 0 spiro atoms. The molecule has 0 radical (unpaired) electrons. The normalized spacial score (nSPS) is 16.8. The zero-order valence-corrected chi connectivity index (χ0v) is 17.6. The van der Waals surface area contributed by atoms with E-state index in [0.717, 1.165) is 5.56 Å². The molecule has 168 valence electrons. The second kappa shape index (κ2) is 9.10. The quantitative estimate of drug-likeness (QED) is 0.364. The first-order chi connectivity index (χ1) is 15.5. The summed E-state index contributed by atoms with van der Waals surface area (Å²) in [4.78, 5) is 0. The van der Waals surface area contributed by atoms with Crippen molar-refractivity contribution in [3.63, 3.8) is 0 Å². The number of hydrogen-bond acceptors (Lipinski definition) is 3. The molecular formula is C25H22F4O3. The van der Waals surface area contributed by atoms with Gasteiger partial charge in [0.05, 0.1) is 13.2 Å². The first-order valence-electron chi connectivity index (χ1n) is 10.4. The summed E-state index contributed by atoms with van der Waals surface area (Å²) in [6.45, 7) is 4.27. The lowest BCUT2D eigenvalue weighted by Gasteiger charge is -2.28. The van der Waals surface area contributed by atoms with Gasteiger partial charge < -0.3 is 14.2 Å². The molecule has 0 amide bonds. The van der Waals surface area contributed by atoms with Crippen LogP contribution in [0.25, 0.3) is 11.1 Å².